The number of likely N-dealkylation sites (tertiary alicyclic amines) is 1. The van der Waals surface area contributed by atoms with Crippen LogP contribution in [0.1, 0.15) is 30.3 Å². The van der Waals surface area contributed by atoms with E-state index in [-0.39, 0.29) is 18.4 Å². The molecule has 0 aliphatic carbocycles. The number of rotatable bonds is 5. The molecular weight excluding hydrogens is 418 g/mol. The number of aromatic nitrogens is 3. The van der Waals surface area contributed by atoms with Gasteiger partial charge in [0.25, 0.3) is 11.8 Å². The monoisotopic (exact) mass is 443 g/mol. The topological polar surface area (TPSA) is 107 Å². The van der Waals surface area contributed by atoms with Crippen LogP contribution in [0.2, 0.25) is 0 Å². The van der Waals surface area contributed by atoms with Crippen molar-refractivity contribution in [2.24, 2.45) is 0 Å². The van der Waals surface area contributed by atoms with Crippen molar-refractivity contribution in [3.05, 3.63) is 66.1 Å². The minimum atomic E-state index is -0.0735. The Balaban J connectivity index is 1.28. The highest BCUT2D eigenvalue weighted by Gasteiger charge is 2.27. The van der Waals surface area contributed by atoms with Gasteiger partial charge in [-0.3, -0.25) is 9.78 Å². The van der Waals surface area contributed by atoms with Crippen LogP contribution < -0.4 is 10.5 Å². The van der Waals surface area contributed by atoms with Gasteiger partial charge >= 0.3 is 0 Å². The molecule has 3 heterocycles. The van der Waals surface area contributed by atoms with Gasteiger partial charge < -0.3 is 19.9 Å². The highest BCUT2D eigenvalue weighted by Crippen LogP contribution is 2.32. The Hall–Kier alpha value is -3.94. The third-order valence-electron chi connectivity index (χ3n) is 5.94. The maximum atomic E-state index is 13.0. The van der Waals surface area contributed by atoms with Gasteiger partial charge in [-0.1, -0.05) is 35.5 Å². The first-order valence-electron chi connectivity index (χ1n) is 11.0. The average Bonchev–Trinajstić information content (AvgIpc) is 3.28. The molecule has 0 radical (unpaired) electrons. The van der Waals surface area contributed by atoms with Crippen molar-refractivity contribution in [2.45, 2.75) is 25.7 Å². The molecule has 1 aliphatic heterocycles. The number of hydrogen-bond donors (Lipinski definition) is 1. The summed E-state index contributed by atoms with van der Waals surface area (Å²) in [6.07, 6.45) is 1.84. The Morgan fingerprint density at radius 3 is 2.85 bits per heavy atom. The summed E-state index contributed by atoms with van der Waals surface area (Å²) in [5, 5.41) is 4.85. The molecule has 1 saturated heterocycles. The van der Waals surface area contributed by atoms with Gasteiger partial charge in [0, 0.05) is 24.4 Å². The fourth-order valence-corrected chi connectivity index (χ4v) is 4.31. The van der Waals surface area contributed by atoms with Crippen LogP contribution in [0.25, 0.3) is 22.4 Å². The summed E-state index contributed by atoms with van der Waals surface area (Å²) in [6.45, 7) is 2.94. The van der Waals surface area contributed by atoms with Crippen LogP contribution in [-0.2, 0) is 4.79 Å². The zero-order valence-corrected chi connectivity index (χ0v) is 18.4. The minimum absolute atomic E-state index is 0.0719. The van der Waals surface area contributed by atoms with Gasteiger partial charge in [0.15, 0.2) is 12.4 Å². The maximum Gasteiger partial charge on any atom is 0.261 e. The Kier molecular flexibility index (Phi) is 5.64. The van der Waals surface area contributed by atoms with E-state index in [1.54, 1.807) is 13.0 Å². The van der Waals surface area contributed by atoms with Gasteiger partial charge in [-0.05, 0) is 44.0 Å². The van der Waals surface area contributed by atoms with Crippen molar-refractivity contribution in [3.8, 4) is 17.2 Å². The van der Waals surface area contributed by atoms with E-state index in [1.807, 2.05) is 53.4 Å². The molecule has 8 heteroatoms. The minimum Gasteiger partial charge on any atom is -0.483 e. The lowest BCUT2D eigenvalue weighted by Gasteiger charge is -2.33. The van der Waals surface area contributed by atoms with E-state index in [4.69, 9.17) is 20.0 Å². The first-order valence-corrected chi connectivity index (χ1v) is 11.0. The number of benzene rings is 2. The van der Waals surface area contributed by atoms with E-state index in [9.17, 15) is 4.79 Å². The van der Waals surface area contributed by atoms with Gasteiger partial charge in [0.2, 0.25) is 0 Å². The number of nitrogens with zero attached hydrogens (tertiary/aromatic N) is 4. The summed E-state index contributed by atoms with van der Waals surface area (Å²) in [5.41, 5.74) is 9.46. The van der Waals surface area contributed by atoms with Crippen molar-refractivity contribution in [2.75, 3.05) is 25.4 Å². The maximum absolute atomic E-state index is 13.0. The second-order valence-corrected chi connectivity index (χ2v) is 8.27. The average molecular weight is 444 g/mol. The SMILES string of the molecule is Cc1noc(-c2ccccc2OCC(=O)N2CCC[C@H](c3nc4ccccc4cc3N)C2)n1. The van der Waals surface area contributed by atoms with Crippen LogP contribution in [-0.4, -0.2) is 45.6 Å². The molecule has 0 saturated carbocycles. The number of fused-ring (bicyclic) bond motifs is 1. The van der Waals surface area contributed by atoms with Gasteiger partial charge in [0.05, 0.1) is 22.5 Å². The van der Waals surface area contributed by atoms with Crippen LogP contribution in [0.15, 0.2) is 59.1 Å². The van der Waals surface area contributed by atoms with E-state index >= 15 is 0 Å². The number of nitrogens with two attached hydrogens (primary N) is 1. The lowest BCUT2D eigenvalue weighted by atomic mass is 9.92. The van der Waals surface area contributed by atoms with E-state index in [0.717, 1.165) is 29.4 Å². The third kappa shape index (κ3) is 4.37. The lowest BCUT2D eigenvalue weighted by Crippen LogP contribution is -2.41. The Labute approximate surface area is 191 Å². The molecule has 168 valence electrons. The van der Waals surface area contributed by atoms with Crippen molar-refractivity contribution < 1.29 is 14.1 Å². The number of para-hydroxylation sites is 2. The number of hydrogen-bond acceptors (Lipinski definition) is 7. The zero-order valence-electron chi connectivity index (χ0n) is 18.4. The Morgan fingerprint density at radius 1 is 1.18 bits per heavy atom. The van der Waals surface area contributed by atoms with Crippen LogP contribution in [0.5, 0.6) is 5.75 Å². The highest BCUT2D eigenvalue weighted by molar-refractivity contribution is 5.82. The van der Waals surface area contributed by atoms with E-state index in [2.05, 4.69) is 10.1 Å². The molecule has 0 bridgehead atoms. The number of pyridine rings is 1. The molecule has 33 heavy (non-hydrogen) atoms. The van der Waals surface area contributed by atoms with Crippen LogP contribution in [0, 0.1) is 6.92 Å². The normalized spacial score (nSPS) is 16.2. The molecule has 1 fully saturated rings. The predicted molar refractivity (Wildman–Crippen MR) is 125 cm³/mol. The van der Waals surface area contributed by atoms with Gasteiger partial charge in [-0.2, -0.15) is 4.98 Å². The summed E-state index contributed by atoms with van der Waals surface area (Å²) in [6, 6.07) is 17.2. The van der Waals surface area contributed by atoms with E-state index < -0.39 is 0 Å². The summed E-state index contributed by atoms with van der Waals surface area (Å²) in [4.78, 5) is 23.9. The fourth-order valence-electron chi connectivity index (χ4n) is 4.31. The molecule has 2 N–H and O–H groups in total. The molecule has 0 unspecified atom stereocenters. The third-order valence-corrected chi connectivity index (χ3v) is 5.94. The smallest absolute Gasteiger partial charge is 0.261 e. The second kappa shape index (κ2) is 8.90. The number of ether oxygens (including phenoxy) is 1. The molecule has 5 rings (SSSR count). The Morgan fingerprint density at radius 2 is 2.00 bits per heavy atom. The standard InChI is InChI=1S/C25H25N5O3/c1-16-27-25(33-29-16)19-9-3-5-11-22(19)32-15-23(31)30-12-6-8-18(14-30)24-20(26)13-17-7-2-4-10-21(17)28-24/h2-5,7,9-11,13,18H,6,8,12,14-15,26H2,1H3/t18-/m0/s1. The van der Waals surface area contributed by atoms with Gasteiger partial charge in [-0.25, -0.2) is 0 Å². The molecule has 8 nitrogen and oxygen atoms in total. The lowest BCUT2D eigenvalue weighted by molar-refractivity contribution is -0.134. The van der Waals surface area contributed by atoms with Crippen molar-refractivity contribution in [1.82, 2.24) is 20.0 Å². The molecule has 2 aromatic carbocycles. The molecule has 4 aromatic rings. The number of carbonyl (C=O) groups is 1. The second-order valence-electron chi connectivity index (χ2n) is 8.27. The Bertz CT molecular complexity index is 1300. The summed E-state index contributed by atoms with van der Waals surface area (Å²) in [5.74, 6) is 1.46. The largest absolute Gasteiger partial charge is 0.483 e. The molecule has 0 spiro atoms. The predicted octanol–water partition coefficient (Wildman–Crippen LogP) is 3.96. The first kappa shape index (κ1) is 20.9. The number of aryl methyl sites for hydroxylation is 1. The molecule has 1 amide bonds. The number of carbonyl (C=O) groups excluding carboxylic acids is 1. The first-order chi connectivity index (χ1) is 16.1. The van der Waals surface area contributed by atoms with Crippen molar-refractivity contribution in [3.63, 3.8) is 0 Å². The number of amides is 1. The molecular formula is C25H25N5O3. The number of anilines is 1. The van der Waals surface area contributed by atoms with E-state index in [1.165, 1.54) is 0 Å². The van der Waals surface area contributed by atoms with Crippen LogP contribution in [0.3, 0.4) is 0 Å². The quantitative estimate of drug-likeness (QED) is 0.497. The van der Waals surface area contributed by atoms with Gasteiger partial charge in [-0.15, -0.1) is 0 Å². The number of nitrogen functional groups attached to an aromatic ring is 1. The molecule has 1 atom stereocenters. The zero-order chi connectivity index (χ0) is 22.8. The number of piperidine rings is 1. The van der Waals surface area contributed by atoms with E-state index in [0.29, 0.717) is 41.8 Å². The fraction of sp³-hybridized carbons (Fsp3) is 0.280. The molecule has 2 aromatic heterocycles. The summed E-state index contributed by atoms with van der Waals surface area (Å²) < 4.78 is 11.1. The summed E-state index contributed by atoms with van der Waals surface area (Å²) in [7, 11) is 0. The van der Waals surface area contributed by atoms with Gasteiger partial charge in [0.1, 0.15) is 5.75 Å². The molecule has 1 aliphatic rings. The van der Waals surface area contributed by atoms with Crippen LogP contribution >= 0.6 is 0 Å². The summed E-state index contributed by atoms with van der Waals surface area (Å²) >= 11 is 0. The van der Waals surface area contributed by atoms with Crippen LogP contribution in [0.4, 0.5) is 5.69 Å². The highest BCUT2D eigenvalue weighted by atomic mass is 16.5. The van der Waals surface area contributed by atoms with Crippen molar-refractivity contribution >= 4 is 22.5 Å². The van der Waals surface area contributed by atoms with Crippen molar-refractivity contribution in [1.29, 1.82) is 0 Å².